The van der Waals surface area contributed by atoms with Gasteiger partial charge in [-0.15, -0.1) is 0 Å². The van der Waals surface area contributed by atoms with Crippen molar-refractivity contribution in [2.24, 2.45) is 5.73 Å². The number of nitrogens with zero attached hydrogens (tertiary/aromatic N) is 1. The molecule has 0 aliphatic rings. The number of carbonyl (C=O) groups excluding carboxylic acids is 1. The van der Waals surface area contributed by atoms with Crippen LogP contribution in [-0.2, 0) is 0 Å². The maximum absolute atomic E-state index is 13.5. The number of nitrogens with two attached hydrogens (primary N) is 1. The monoisotopic (exact) mass is 256 g/mol. The van der Waals surface area contributed by atoms with Crippen molar-refractivity contribution < 1.29 is 13.6 Å². The molecular weight excluding hydrogens is 238 g/mol. The molecule has 2 N–H and O–H groups in total. The number of halogens is 2. The predicted octanol–water partition coefficient (Wildman–Crippen LogP) is 2.17. The first-order chi connectivity index (χ1) is 8.60. The summed E-state index contributed by atoms with van der Waals surface area (Å²) < 4.78 is 26.6. The molecule has 1 rings (SSSR count). The highest BCUT2D eigenvalue weighted by Crippen LogP contribution is 2.13. The average molecular weight is 256 g/mol. The van der Waals surface area contributed by atoms with Gasteiger partial charge in [-0.2, -0.15) is 0 Å². The average Bonchev–Trinajstić information content (AvgIpc) is 2.36. The maximum Gasteiger partial charge on any atom is 0.256 e. The first-order valence-electron chi connectivity index (χ1n) is 6.04. The minimum absolute atomic E-state index is 0.222. The summed E-state index contributed by atoms with van der Waals surface area (Å²) in [5, 5.41) is 0. The molecule has 1 amide bonds. The van der Waals surface area contributed by atoms with Crippen LogP contribution in [0.5, 0.6) is 0 Å². The van der Waals surface area contributed by atoms with Gasteiger partial charge in [-0.25, -0.2) is 8.78 Å². The largest absolute Gasteiger partial charge is 0.339 e. The summed E-state index contributed by atoms with van der Waals surface area (Å²) in [6.07, 6.45) is 1.40. The molecule has 0 fully saturated rings. The van der Waals surface area contributed by atoms with Gasteiger partial charge >= 0.3 is 0 Å². The van der Waals surface area contributed by atoms with Gasteiger partial charge in [0.1, 0.15) is 11.6 Å². The molecule has 0 aliphatic heterocycles. The van der Waals surface area contributed by atoms with E-state index in [4.69, 9.17) is 5.73 Å². The Hall–Kier alpha value is -1.49. The molecule has 0 aliphatic carbocycles. The number of hydrogen-bond donors (Lipinski definition) is 1. The summed E-state index contributed by atoms with van der Waals surface area (Å²) in [6.45, 7) is 3.34. The van der Waals surface area contributed by atoms with Crippen LogP contribution in [0.25, 0.3) is 0 Å². The number of carbonyl (C=O) groups is 1. The standard InChI is InChI=1S/C13H18F2N2O/c1-2-7-17(8-3-6-16)13(18)11-9-10(14)4-5-12(11)15/h4-5,9H,2-3,6-8,16H2,1H3. The fourth-order valence-corrected chi connectivity index (χ4v) is 1.70. The zero-order valence-corrected chi connectivity index (χ0v) is 10.5. The zero-order valence-electron chi connectivity index (χ0n) is 10.5. The first-order valence-corrected chi connectivity index (χ1v) is 6.04. The van der Waals surface area contributed by atoms with E-state index in [9.17, 15) is 13.6 Å². The van der Waals surface area contributed by atoms with Crippen molar-refractivity contribution in [1.82, 2.24) is 4.90 Å². The van der Waals surface area contributed by atoms with E-state index in [-0.39, 0.29) is 5.56 Å². The van der Waals surface area contributed by atoms with Gasteiger partial charge in [0.25, 0.3) is 5.91 Å². The van der Waals surface area contributed by atoms with Gasteiger partial charge in [-0.05, 0) is 37.6 Å². The van der Waals surface area contributed by atoms with Gasteiger partial charge in [0, 0.05) is 13.1 Å². The summed E-state index contributed by atoms with van der Waals surface area (Å²) >= 11 is 0. The van der Waals surface area contributed by atoms with Crippen LogP contribution in [0, 0.1) is 11.6 Å². The van der Waals surface area contributed by atoms with E-state index in [1.807, 2.05) is 6.92 Å². The zero-order chi connectivity index (χ0) is 13.5. The van der Waals surface area contributed by atoms with E-state index in [1.54, 1.807) is 0 Å². The highest BCUT2D eigenvalue weighted by atomic mass is 19.1. The molecule has 0 saturated heterocycles. The van der Waals surface area contributed by atoms with Crippen molar-refractivity contribution in [2.45, 2.75) is 19.8 Å². The third-order valence-corrected chi connectivity index (χ3v) is 2.57. The molecule has 5 heteroatoms. The molecule has 1 aromatic carbocycles. The Morgan fingerprint density at radius 3 is 2.67 bits per heavy atom. The molecule has 1 aromatic rings. The summed E-state index contributed by atoms with van der Waals surface area (Å²) in [7, 11) is 0. The van der Waals surface area contributed by atoms with E-state index in [0.717, 1.165) is 24.6 Å². The Labute approximate surface area is 106 Å². The Morgan fingerprint density at radius 2 is 2.06 bits per heavy atom. The van der Waals surface area contributed by atoms with Crippen LogP contribution in [0.15, 0.2) is 18.2 Å². The van der Waals surface area contributed by atoms with E-state index in [1.165, 1.54) is 4.90 Å². The van der Waals surface area contributed by atoms with E-state index in [0.29, 0.717) is 26.1 Å². The molecular formula is C13H18F2N2O. The van der Waals surface area contributed by atoms with Crippen LogP contribution < -0.4 is 5.73 Å². The number of amides is 1. The summed E-state index contributed by atoms with van der Waals surface area (Å²) in [5.41, 5.74) is 5.17. The number of benzene rings is 1. The van der Waals surface area contributed by atoms with Crippen LogP contribution in [-0.4, -0.2) is 30.4 Å². The molecule has 0 saturated carbocycles. The summed E-state index contributed by atoms with van der Waals surface area (Å²) in [4.78, 5) is 13.6. The minimum Gasteiger partial charge on any atom is -0.339 e. The fraction of sp³-hybridized carbons (Fsp3) is 0.462. The molecule has 100 valence electrons. The highest BCUT2D eigenvalue weighted by molar-refractivity contribution is 5.94. The predicted molar refractivity (Wildman–Crippen MR) is 66.2 cm³/mol. The second-order valence-electron chi connectivity index (χ2n) is 4.06. The van der Waals surface area contributed by atoms with Gasteiger partial charge in [0.15, 0.2) is 0 Å². The molecule has 0 bridgehead atoms. The number of hydrogen-bond acceptors (Lipinski definition) is 2. The molecule has 0 unspecified atom stereocenters. The third kappa shape index (κ3) is 3.77. The SMILES string of the molecule is CCCN(CCCN)C(=O)c1cc(F)ccc1F. The molecule has 18 heavy (non-hydrogen) atoms. The molecule has 0 aromatic heterocycles. The van der Waals surface area contributed by atoms with Gasteiger partial charge in [0.05, 0.1) is 5.56 Å². The quantitative estimate of drug-likeness (QED) is 0.847. The molecule has 0 spiro atoms. The molecule has 0 heterocycles. The van der Waals surface area contributed by atoms with Crippen LogP contribution in [0.1, 0.15) is 30.1 Å². The Bertz CT molecular complexity index is 410. The first kappa shape index (κ1) is 14.6. The lowest BCUT2D eigenvalue weighted by atomic mass is 10.1. The van der Waals surface area contributed by atoms with Crippen molar-refractivity contribution in [3.05, 3.63) is 35.4 Å². The minimum atomic E-state index is -0.699. The van der Waals surface area contributed by atoms with Crippen LogP contribution in [0.4, 0.5) is 8.78 Å². The van der Waals surface area contributed by atoms with Crippen molar-refractivity contribution >= 4 is 5.91 Å². The Balaban J connectivity index is 2.90. The van der Waals surface area contributed by atoms with Crippen LogP contribution in [0.3, 0.4) is 0 Å². The molecule has 3 nitrogen and oxygen atoms in total. The maximum atomic E-state index is 13.5. The van der Waals surface area contributed by atoms with E-state index < -0.39 is 17.5 Å². The Kier molecular flexibility index (Phi) is 5.71. The second kappa shape index (κ2) is 7.06. The van der Waals surface area contributed by atoms with Crippen molar-refractivity contribution in [1.29, 1.82) is 0 Å². The van der Waals surface area contributed by atoms with E-state index in [2.05, 4.69) is 0 Å². The van der Waals surface area contributed by atoms with Gasteiger partial charge in [-0.1, -0.05) is 6.92 Å². The van der Waals surface area contributed by atoms with Gasteiger partial charge < -0.3 is 10.6 Å². The molecule has 0 atom stereocenters. The van der Waals surface area contributed by atoms with Crippen molar-refractivity contribution in [2.75, 3.05) is 19.6 Å². The van der Waals surface area contributed by atoms with Crippen molar-refractivity contribution in [3.63, 3.8) is 0 Å². The second-order valence-corrected chi connectivity index (χ2v) is 4.06. The highest BCUT2D eigenvalue weighted by Gasteiger charge is 2.18. The van der Waals surface area contributed by atoms with Crippen LogP contribution >= 0.6 is 0 Å². The Morgan fingerprint density at radius 1 is 1.33 bits per heavy atom. The lowest BCUT2D eigenvalue weighted by Crippen LogP contribution is -2.34. The van der Waals surface area contributed by atoms with Gasteiger partial charge in [-0.3, -0.25) is 4.79 Å². The van der Waals surface area contributed by atoms with E-state index >= 15 is 0 Å². The lowest BCUT2D eigenvalue weighted by molar-refractivity contribution is 0.0749. The molecule has 0 radical (unpaired) electrons. The van der Waals surface area contributed by atoms with Crippen molar-refractivity contribution in [3.8, 4) is 0 Å². The topological polar surface area (TPSA) is 46.3 Å². The summed E-state index contributed by atoms with van der Waals surface area (Å²) in [5.74, 6) is -1.80. The van der Waals surface area contributed by atoms with Crippen LogP contribution in [0.2, 0.25) is 0 Å². The fourth-order valence-electron chi connectivity index (χ4n) is 1.70. The number of rotatable bonds is 6. The van der Waals surface area contributed by atoms with Gasteiger partial charge in [0.2, 0.25) is 0 Å². The normalized spacial score (nSPS) is 10.4. The smallest absolute Gasteiger partial charge is 0.256 e. The third-order valence-electron chi connectivity index (χ3n) is 2.57. The summed E-state index contributed by atoms with van der Waals surface area (Å²) in [6, 6.07) is 2.90. The lowest BCUT2D eigenvalue weighted by Gasteiger charge is -2.22.